The van der Waals surface area contributed by atoms with Crippen LogP contribution in [0.15, 0.2) is 42.5 Å². The quantitative estimate of drug-likeness (QED) is 0.880. The summed E-state index contributed by atoms with van der Waals surface area (Å²) in [5, 5.41) is 10.1. The van der Waals surface area contributed by atoms with Crippen molar-refractivity contribution in [2.45, 2.75) is 19.4 Å². The van der Waals surface area contributed by atoms with Crippen LogP contribution in [-0.2, 0) is 6.42 Å². The number of hydrogen-bond donors (Lipinski definition) is 1. The second-order valence-corrected chi connectivity index (χ2v) is 4.31. The van der Waals surface area contributed by atoms with Crippen LogP contribution in [0.3, 0.4) is 0 Å². The lowest BCUT2D eigenvalue weighted by atomic mass is 9.97. The molecule has 0 saturated carbocycles. The Kier molecular flexibility index (Phi) is 3.72. The number of aliphatic hydroxyl groups is 1. The number of aliphatic hydroxyl groups excluding tert-OH is 1. The van der Waals surface area contributed by atoms with E-state index in [0.717, 1.165) is 5.56 Å². The lowest BCUT2D eigenvalue weighted by Gasteiger charge is -2.14. The second kappa shape index (κ2) is 5.27. The second-order valence-electron chi connectivity index (χ2n) is 4.31. The molecule has 1 nitrogen and oxygen atoms in total. The number of halogens is 2. The third-order valence-corrected chi connectivity index (χ3v) is 2.97. The zero-order valence-electron chi connectivity index (χ0n) is 10.0. The maximum Gasteiger partial charge on any atom is 0.126 e. The van der Waals surface area contributed by atoms with Gasteiger partial charge in [-0.3, -0.25) is 0 Å². The molecule has 0 radical (unpaired) electrons. The van der Waals surface area contributed by atoms with Crippen molar-refractivity contribution in [3.05, 3.63) is 70.8 Å². The molecule has 3 heteroatoms. The molecule has 0 fully saturated rings. The molecule has 0 amide bonds. The molecule has 0 heterocycles. The van der Waals surface area contributed by atoms with Crippen molar-refractivity contribution in [2.75, 3.05) is 0 Å². The van der Waals surface area contributed by atoms with Crippen LogP contribution in [0.5, 0.6) is 0 Å². The predicted octanol–water partition coefficient (Wildman–Crippen LogP) is 3.55. The normalized spacial score (nSPS) is 12.4. The number of benzene rings is 2. The van der Waals surface area contributed by atoms with Gasteiger partial charge < -0.3 is 5.11 Å². The number of hydrogen-bond acceptors (Lipinski definition) is 1. The number of aryl methyl sites for hydroxylation is 1. The summed E-state index contributed by atoms with van der Waals surface area (Å²) in [5.41, 5.74) is 1.71. The molecule has 0 bridgehead atoms. The molecule has 1 N–H and O–H groups in total. The Labute approximate surface area is 105 Å². The van der Waals surface area contributed by atoms with E-state index in [4.69, 9.17) is 0 Å². The highest BCUT2D eigenvalue weighted by molar-refractivity contribution is 5.30. The van der Waals surface area contributed by atoms with E-state index >= 15 is 0 Å². The largest absolute Gasteiger partial charge is 0.388 e. The molecule has 0 aliphatic heterocycles. The fourth-order valence-electron chi connectivity index (χ4n) is 1.95. The highest BCUT2D eigenvalue weighted by atomic mass is 19.1. The van der Waals surface area contributed by atoms with Gasteiger partial charge in [0.25, 0.3) is 0 Å². The fourth-order valence-corrected chi connectivity index (χ4v) is 1.95. The molecule has 18 heavy (non-hydrogen) atoms. The predicted molar refractivity (Wildman–Crippen MR) is 66.2 cm³/mol. The van der Waals surface area contributed by atoms with Gasteiger partial charge in [-0.25, -0.2) is 8.78 Å². The number of rotatable bonds is 3. The Bertz CT molecular complexity index is 552. The summed E-state index contributed by atoms with van der Waals surface area (Å²) in [4.78, 5) is 0. The van der Waals surface area contributed by atoms with E-state index in [9.17, 15) is 13.9 Å². The standard InChI is InChI=1S/C15H14F2O/c1-10-6-7-12(16)9-13(10)15(18)8-11-4-2-3-5-14(11)17/h2-7,9,15,18H,8H2,1H3. The van der Waals surface area contributed by atoms with Crippen molar-refractivity contribution >= 4 is 0 Å². The van der Waals surface area contributed by atoms with Gasteiger partial charge in [0.15, 0.2) is 0 Å². The van der Waals surface area contributed by atoms with Gasteiger partial charge in [0, 0.05) is 6.42 Å². The molecule has 2 aromatic rings. The van der Waals surface area contributed by atoms with Crippen LogP contribution in [-0.4, -0.2) is 5.11 Å². The van der Waals surface area contributed by atoms with E-state index in [1.54, 1.807) is 31.2 Å². The smallest absolute Gasteiger partial charge is 0.126 e. The van der Waals surface area contributed by atoms with Gasteiger partial charge in [-0.05, 0) is 41.8 Å². The van der Waals surface area contributed by atoms with Crippen molar-refractivity contribution in [3.63, 3.8) is 0 Å². The van der Waals surface area contributed by atoms with Crippen molar-refractivity contribution in [2.24, 2.45) is 0 Å². The average Bonchev–Trinajstić information content (AvgIpc) is 2.35. The summed E-state index contributed by atoms with van der Waals surface area (Å²) in [6, 6.07) is 10.5. The summed E-state index contributed by atoms with van der Waals surface area (Å²) in [7, 11) is 0. The van der Waals surface area contributed by atoms with Crippen LogP contribution >= 0.6 is 0 Å². The maximum atomic E-state index is 13.5. The Hall–Kier alpha value is -1.74. The Morgan fingerprint density at radius 2 is 1.83 bits per heavy atom. The summed E-state index contributed by atoms with van der Waals surface area (Å²) < 4.78 is 26.6. The zero-order valence-corrected chi connectivity index (χ0v) is 10.0. The molecule has 94 valence electrons. The SMILES string of the molecule is Cc1ccc(F)cc1C(O)Cc1ccccc1F. The molecule has 1 atom stereocenters. The first-order valence-corrected chi connectivity index (χ1v) is 5.75. The lowest BCUT2D eigenvalue weighted by molar-refractivity contribution is 0.176. The van der Waals surface area contributed by atoms with E-state index in [-0.39, 0.29) is 12.2 Å². The Balaban J connectivity index is 2.25. The van der Waals surface area contributed by atoms with Gasteiger partial charge in [-0.15, -0.1) is 0 Å². The highest BCUT2D eigenvalue weighted by Gasteiger charge is 2.14. The van der Waals surface area contributed by atoms with E-state index < -0.39 is 11.9 Å². The van der Waals surface area contributed by atoms with Crippen molar-refractivity contribution in [3.8, 4) is 0 Å². The molecular weight excluding hydrogens is 234 g/mol. The van der Waals surface area contributed by atoms with Gasteiger partial charge in [-0.2, -0.15) is 0 Å². The summed E-state index contributed by atoms with van der Waals surface area (Å²) >= 11 is 0. The van der Waals surface area contributed by atoms with Crippen LogP contribution in [0.4, 0.5) is 8.78 Å². The molecule has 0 saturated heterocycles. The highest BCUT2D eigenvalue weighted by Crippen LogP contribution is 2.23. The van der Waals surface area contributed by atoms with Gasteiger partial charge >= 0.3 is 0 Å². The third kappa shape index (κ3) is 2.74. The Morgan fingerprint density at radius 3 is 2.56 bits per heavy atom. The maximum absolute atomic E-state index is 13.5. The van der Waals surface area contributed by atoms with Crippen molar-refractivity contribution in [1.29, 1.82) is 0 Å². The fraction of sp³-hybridized carbons (Fsp3) is 0.200. The zero-order chi connectivity index (χ0) is 13.1. The van der Waals surface area contributed by atoms with Crippen LogP contribution in [0, 0.1) is 18.6 Å². The van der Waals surface area contributed by atoms with Crippen LogP contribution in [0.2, 0.25) is 0 Å². The van der Waals surface area contributed by atoms with Gasteiger partial charge in [0.05, 0.1) is 6.10 Å². The van der Waals surface area contributed by atoms with Gasteiger partial charge in [0.2, 0.25) is 0 Å². The summed E-state index contributed by atoms with van der Waals surface area (Å²) in [5.74, 6) is -0.756. The first-order chi connectivity index (χ1) is 8.58. The summed E-state index contributed by atoms with van der Waals surface area (Å²) in [6.45, 7) is 1.79. The lowest BCUT2D eigenvalue weighted by Crippen LogP contribution is -2.05. The first-order valence-electron chi connectivity index (χ1n) is 5.75. The Morgan fingerprint density at radius 1 is 1.11 bits per heavy atom. The molecule has 0 aromatic heterocycles. The van der Waals surface area contributed by atoms with E-state index in [0.29, 0.717) is 11.1 Å². The average molecular weight is 248 g/mol. The monoisotopic (exact) mass is 248 g/mol. The summed E-state index contributed by atoms with van der Waals surface area (Å²) in [6.07, 6.45) is -0.769. The van der Waals surface area contributed by atoms with E-state index in [1.165, 1.54) is 18.2 Å². The molecule has 0 spiro atoms. The van der Waals surface area contributed by atoms with Gasteiger partial charge in [0.1, 0.15) is 11.6 Å². The van der Waals surface area contributed by atoms with E-state index in [1.807, 2.05) is 0 Å². The molecule has 0 aliphatic carbocycles. The minimum Gasteiger partial charge on any atom is -0.388 e. The molecule has 1 unspecified atom stereocenters. The molecule has 0 aliphatic rings. The molecule has 2 rings (SSSR count). The van der Waals surface area contributed by atoms with Crippen LogP contribution < -0.4 is 0 Å². The van der Waals surface area contributed by atoms with Crippen LogP contribution in [0.25, 0.3) is 0 Å². The van der Waals surface area contributed by atoms with Crippen molar-refractivity contribution < 1.29 is 13.9 Å². The third-order valence-electron chi connectivity index (χ3n) is 2.97. The topological polar surface area (TPSA) is 20.2 Å². The minimum absolute atomic E-state index is 0.136. The van der Waals surface area contributed by atoms with Crippen LogP contribution in [0.1, 0.15) is 22.8 Å². The molecular formula is C15H14F2O. The van der Waals surface area contributed by atoms with Crippen molar-refractivity contribution in [1.82, 2.24) is 0 Å². The van der Waals surface area contributed by atoms with Gasteiger partial charge in [-0.1, -0.05) is 24.3 Å². The minimum atomic E-state index is -0.905. The first kappa shape index (κ1) is 12.7. The van der Waals surface area contributed by atoms with E-state index in [2.05, 4.69) is 0 Å². The molecule has 2 aromatic carbocycles.